The number of benzene rings is 1. The van der Waals surface area contributed by atoms with E-state index in [0.717, 1.165) is 0 Å². The lowest BCUT2D eigenvalue weighted by atomic mass is 10.1. The third-order valence-electron chi connectivity index (χ3n) is 2.71. The number of anilines is 1. The molecule has 0 bridgehead atoms. The van der Waals surface area contributed by atoms with E-state index in [1.807, 2.05) is 6.07 Å². The van der Waals surface area contributed by atoms with Crippen molar-refractivity contribution in [2.24, 2.45) is 0 Å². The number of nitrogens with one attached hydrogen (secondary N) is 2. The molecular formula is C13H13N3O3. The summed E-state index contributed by atoms with van der Waals surface area (Å²) in [5, 5.41) is 15.2. The fourth-order valence-corrected chi connectivity index (χ4v) is 1.75. The molecule has 0 saturated carbocycles. The van der Waals surface area contributed by atoms with E-state index >= 15 is 0 Å². The van der Waals surface area contributed by atoms with E-state index in [1.165, 1.54) is 13.2 Å². The number of amides is 1. The largest absolute Gasteiger partial charge is 0.478 e. The molecule has 0 radical (unpaired) electrons. The smallest absolute Gasteiger partial charge is 0.339 e. The van der Waals surface area contributed by atoms with Crippen molar-refractivity contribution in [3.8, 4) is 0 Å². The fraction of sp³-hybridized carbons (Fsp3) is 0.154. The first-order valence-electron chi connectivity index (χ1n) is 5.69. The number of pyridine rings is 1. The minimum Gasteiger partial charge on any atom is -0.478 e. The van der Waals surface area contributed by atoms with Crippen LogP contribution in [0, 0.1) is 0 Å². The number of rotatable bonds is 4. The summed E-state index contributed by atoms with van der Waals surface area (Å²) in [6.07, 6.45) is 1.29. The van der Waals surface area contributed by atoms with Gasteiger partial charge in [-0.3, -0.25) is 9.78 Å². The van der Waals surface area contributed by atoms with Crippen LogP contribution in [0.3, 0.4) is 0 Å². The Labute approximate surface area is 109 Å². The standard InChI is InChI=1S/C13H13N3O3/c1-14-11(17)7-16-12-8-4-2-3-5-10(8)15-6-9(12)13(18)19/h2-6H,7H2,1H3,(H,14,17)(H,15,16)(H,18,19). The molecule has 0 fully saturated rings. The monoisotopic (exact) mass is 259 g/mol. The lowest BCUT2D eigenvalue weighted by Gasteiger charge is -2.11. The Balaban J connectivity index is 2.49. The van der Waals surface area contributed by atoms with Crippen LogP contribution in [0.1, 0.15) is 10.4 Å². The van der Waals surface area contributed by atoms with E-state index in [4.69, 9.17) is 5.11 Å². The summed E-state index contributed by atoms with van der Waals surface area (Å²) in [7, 11) is 1.52. The summed E-state index contributed by atoms with van der Waals surface area (Å²) in [6.45, 7) is 0.00475. The first kappa shape index (κ1) is 12.8. The van der Waals surface area contributed by atoms with Gasteiger partial charge in [0.15, 0.2) is 0 Å². The maximum absolute atomic E-state index is 11.3. The predicted octanol–water partition coefficient (Wildman–Crippen LogP) is 1.09. The van der Waals surface area contributed by atoms with Gasteiger partial charge in [0.1, 0.15) is 5.56 Å². The number of likely N-dealkylation sites (N-methyl/N-ethyl adjacent to an activating group) is 1. The van der Waals surface area contributed by atoms with Crippen molar-refractivity contribution in [3.05, 3.63) is 36.0 Å². The molecule has 0 aliphatic rings. The zero-order chi connectivity index (χ0) is 13.8. The first-order valence-corrected chi connectivity index (χ1v) is 5.69. The van der Waals surface area contributed by atoms with Crippen LogP contribution >= 0.6 is 0 Å². The van der Waals surface area contributed by atoms with E-state index in [0.29, 0.717) is 16.6 Å². The normalized spacial score (nSPS) is 10.2. The molecule has 0 atom stereocenters. The highest BCUT2D eigenvalue weighted by atomic mass is 16.4. The number of hydrogen-bond donors (Lipinski definition) is 3. The summed E-state index contributed by atoms with van der Waals surface area (Å²) in [6, 6.07) is 7.16. The number of para-hydroxylation sites is 1. The van der Waals surface area contributed by atoms with E-state index in [9.17, 15) is 9.59 Å². The second-order valence-corrected chi connectivity index (χ2v) is 3.90. The molecular weight excluding hydrogens is 246 g/mol. The van der Waals surface area contributed by atoms with Gasteiger partial charge in [0.25, 0.3) is 0 Å². The number of hydrogen-bond acceptors (Lipinski definition) is 4. The van der Waals surface area contributed by atoms with Gasteiger partial charge in [0.2, 0.25) is 5.91 Å². The minimum atomic E-state index is -1.09. The Bertz CT molecular complexity index is 640. The van der Waals surface area contributed by atoms with Gasteiger partial charge in [-0.15, -0.1) is 0 Å². The van der Waals surface area contributed by atoms with Crippen LogP contribution in [0.4, 0.5) is 5.69 Å². The highest BCUT2D eigenvalue weighted by molar-refractivity contribution is 6.04. The highest BCUT2D eigenvalue weighted by Crippen LogP contribution is 2.25. The molecule has 1 heterocycles. The van der Waals surface area contributed by atoms with Crippen molar-refractivity contribution in [1.29, 1.82) is 0 Å². The lowest BCUT2D eigenvalue weighted by molar-refractivity contribution is -0.118. The minimum absolute atomic E-state index is 0.00475. The van der Waals surface area contributed by atoms with Crippen molar-refractivity contribution in [2.75, 3.05) is 18.9 Å². The Morgan fingerprint density at radius 1 is 1.32 bits per heavy atom. The Morgan fingerprint density at radius 2 is 2.05 bits per heavy atom. The summed E-state index contributed by atoms with van der Waals surface area (Å²) in [5.74, 6) is -1.31. The average Bonchev–Trinajstić information content (AvgIpc) is 2.43. The zero-order valence-corrected chi connectivity index (χ0v) is 10.3. The SMILES string of the molecule is CNC(=O)CNc1c(C(=O)O)cnc2ccccc12. The number of aromatic nitrogens is 1. The van der Waals surface area contributed by atoms with Crippen LogP contribution in [0.2, 0.25) is 0 Å². The quantitative estimate of drug-likeness (QED) is 0.764. The van der Waals surface area contributed by atoms with Gasteiger partial charge in [-0.2, -0.15) is 0 Å². The first-order chi connectivity index (χ1) is 9.13. The van der Waals surface area contributed by atoms with Gasteiger partial charge in [-0.1, -0.05) is 18.2 Å². The van der Waals surface area contributed by atoms with Gasteiger partial charge in [0.05, 0.1) is 17.7 Å². The molecule has 3 N–H and O–H groups in total. The summed E-state index contributed by atoms with van der Waals surface area (Å²) in [5.41, 5.74) is 1.12. The molecule has 1 amide bonds. The maximum atomic E-state index is 11.3. The second-order valence-electron chi connectivity index (χ2n) is 3.90. The second kappa shape index (κ2) is 5.34. The average molecular weight is 259 g/mol. The summed E-state index contributed by atoms with van der Waals surface area (Å²) in [4.78, 5) is 26.6. The topological polar surface area (TPSA) is 91.3 Å². The molecule has 6 nitrogen and oxygen atoms in total. The van der Waals surface area contributed by atoms with Crippen LogP contribution in [0.15, 0.2) is 30.5 Å². The van der Waals surface area contributed by atoms with Crippen molar-refractivity contribution in [3.63, 3.8) is 0 Å². The van der Waals surface area contributed by atoms with Gasteiger partial charge in [-0.05, 0) is 6.07 Å². The predicted molar refractivity (Wildman–Crippen MR) is 71.3 cm³/mol. The van der Waals surface area contributed by atoms with E-state index in [1.54, 1.807) is 18.2 Å². The van der Waals surface area contributed by atoms with E-state index < -0.39 is 5.97 Å². The molecule has 2 rings (SSSR count). The number of aromatic carboxylic acids is 1. The van der Waals surface area contributed by atoms with Gasteiger partial charge < -0.3 is 15.7 Å². The molecule has 2 aromatic rings. The van der Waals surface area contributed by atoms with Crippen LogP contribution < -0.4 is 10.6 Å². The van der Waals surface area contributed by atoms with Crippen LogP contribution in [-0.4, -0.2) is 35.6 Å². The Hall–Kier alpha value is -2.63. The van der Waals surface area contributed by atoms with Crippen LogP contribution in [0.5, 0.6) is 0 Å². The number of carbonyl (C=O) groups excluding carboxylic acids is 1. The Morgan fingerprint density at radius 3 is 2.74 bits per heavy atom. The third kappa shape index (κ3) is 2.62. The van der Waals surface area contributed by atoms with E-state index in [-0.39, 0.29) is 18.0 Å². The van der Waals surface area contributed by atoms with Gasteiger partial charge in [0, 0.05) is 18.6 Å². The molecule has 19 heavy (non-hydrogen) atoms. The molecule has 0 saturated heterocycles. The maximum Gasteiger partial charge on any atom is 0.339 e. The molecule has 0 unspecified atom stereocenters. The molecule has 6 heteroatoms. The third-order valence-corrected chi connectivity index (χ3v) is 2.71. The van der Waals surface area contributed by atoms with Crippen molar-refractivity contribution >= 4 is 28.5 Å². The van der Waals surface area contributed by atoms with Gasteiger partial charge in [-0.25, -0.2) is 4.79 Å². The van der Waals surface area contributed by atoms with Crippen LogP contribution in [0.25, 0.3) is 10.9 Å². The fourth-order valence-electron chi connectivity index (χ4n) is 1.75. The number of carboxylic acid groups (broad SMARTS) is 1. The van der Waals surface area contributed by atoms with Crippen molar-refractivity contribution in [2.45, 2.75) is 0 Å². The molecule has 0 aliphatic carbocycles. The molecule has 1 aromatic carbocycles. The molecule has 0 spiro atoms. The van der Waals surface area contributed by atoms with Crippen molar-refractivity contribution < 1.29 is 14.7 Å². The molecule has 1 aromatic heterocycles. The Kier molecular flexibility index (Phi) is 3.61. The van der Waals surface area contributed by atoms with Crippen molar-refractivity contribution in [1.82, 2.24) is 10.3 Å². The number of carboxylic acids is 1. The van der Waals surface area contributed by atoms with E-state index in [2.05, 4.69) is 15.6 Å². The lowest BCUT2D eigenvalue weighted by Crippen LogP contribution is -2.26. The molecule has 98 valence electrons. The summed E-state index contributed by atoms with van der Waals surface area (Å²) < 4.78 is 0. The zero-order valence-electron chi connectivity index (χ0n) is 10.3. The highest BCUT2D eigenvalue weighted by Gasteiger charge is 2.14. The summed E-state index contributed by atoms with van der Waals surface area (Å²) >= 11 is 0. The molecule has 0 aliphatic heterocycles. The number of fused-ring (bicyclic) bond motifs is 1. The number of carbonyl (C=O) groups is 2. The van der Waals surface area contributed by atoms with Crippen LogP contribution in [-0.2, 0) is 4.79 Å². The van der Waals surface area contributed by atoms with Gasteiger partial charge >= 0.3 is 5.97 Å². The number of nitrogens with zero attached hydrogens (tertiary/aromatic N) is 1.